The van der Waals surface area contributed by atoms with Crippen LogP contribution in [0.3, 0.4) is 0 Å². The van der Waals surface area contributed by atoms with E-state index in [9.17, 15) is 27.6 Å². The largest absolute Gasteiger partial charge is 0.369 e. The molecule has 3 heterocycles. The van der Waals surface area contributed by atoms with Crippen LogP contribution in [0.2, 0.25) is 0 Å². The minimum absolute atomic E-state index is 0.0163. The van der Waals surface area contributed by atoms with Crippen LogP contribution in [0.4, 0.5) is 35.0 Å². The summed E-state index contributed by atoms with van der Waals surface area (Å²) in [6, 6.07) is 18.2. The first-order chi connectivity index (χ1) is 21.7. The Kier molecular flexibility index (Phi) is 8.34. The lowest BCUT2D eigenvalue weighted by Gasteiger charge is -2.44. The lowest BCUT2D eigenvalue weighted by atomic mass is 9.83. The molecule has 6 rings (SSSR count). The van der Waals surface area contributed by atoms with E-state index in [4.69, 9.17) is 0 Å². The van der Waals surface area contributed by atoms with Crippen LogP contribution < -0.4 is 26.4 Å². The van der Waals surface area contributed by atoms with E-state index in [1.54, 1.807) is 24.3 Å². The second-order valence-electron chi connectivity index (χ2n) is 11.5. The molecule has 232 valence electrons. The number of rotatable bonds is 7. The van der Waals surface area contributed by atoms with E-state index in [1.807, 2.05) is 41.8 Å². The van der Waals surface area contributed by atoms with Gasteiger partial charge in [-0.2, -0.15) is 0 Å². The number of carbonyl (C=O) groups excluding carboxylic acids is 2. The van der Waals surface area contributed by atoms with Gasteiger partial charge in [0.2, 0.25) is 0 Å². The Morgan fingerprint density at radius 1 is 0.889 bits per heavy atom. The summed E-state index contributed by atoms with van der Waals surface area (Å²) in [5, 5.41) is 8.19. The van der Waals surface area contributed by atoms with Crippen LogP contribution in [-0.2, 0) is 19.5 Å². The molecule has 2 bridgehead atoms. The molecule has 3 aromatic carbocycles. The van der Waals surface area contributed by atoms with Crippen molar-refractivity contribution < 1.29 is 22.8 Å². The summed E-state index contributed by atoms with van der Waals surface area (Å²) in [5.41, 5.74) is 3.43. The second-order valence-corrected chi connectivity index (χ2v) is 11.5. The summed E-state index contributed by atoms with van der Waals surface area (Å²) >= 11 is 0. The fourth-order valence-corrected chi connectivity index (χ4v) is 6.27. The van der Waals surface area contributed by atoms with Gasteiger partial charge in [0.05, 0.1) is 11.4 Å². The summed E-state index contributed by atoms with van der Waals surface area (Å²) in [4.78, 5) is 40.9. The first kappa shape index (κ1) is 30.0. The molecule has 1 aromatic heterocycles. The van der Waals surface area contributed by atoms with Crippen molar-refractivity contribution in [3.63, 3.8) is 0 Å². The monoisotopic (exact) mass is 615 g/mol. The van der Waals surface area contributed by atoms with Gasteiger partial charge < -0.3 is 25.4 Å². The van der Waals surface area contributed by atoms with Crippen molar-refractivity contribution in [1.29, 1.82) is 0 Å². The van der Waals surface area contributed by atoms with E-state index in [-0.39, 0.29) is 23.0 Å². The van der Waals surface area contributed by atoms with Crippen molar-refractivity contribution in [1.82, 2.24) is 9.88 Å². The maximum atomic E-state index is 14.2. The molecule has 1 fully saturated rings. The number of hydrogen-bond acceptors (Lipinski definition) is 4. The minimum atomic E-state index is -1.10. The summed E-state index contributed by atoms with van der Waals surface area (Å²) in [7, 11) is 0. The summed E-state index contributed by atoms with van der Waals surface area (Å²) < 4.78 is 43.5. The predicted molar refractivity (Wildman–Crippen MR) is 166 cm³/mol. The van der Waals surface area contributed by atoms with E-state index in [2.05, 4.69) is 20.9 Å². The number of fused-ring (bicyclic) bond motifs is 4. The molecule has 2 aliphatic rings. The van der Waals surface area contributed by atoms with Crippen LogP contribution in [0, 0.1) is 23.4 Å². The lowest BCUT2D eigenvalue weighted by molar-refractivity contribution is 0.0950. The first-order valence-corrected chi connectivity index (χ1v) is 14.9. The SMILES string of the molecule is CCc1ccc(NC(=O)Nc2cc(C(=O)NCc3c(F)cc(F)cc3F)ccc2N2CC3CC(C2)c2cccc(=O)n2C3)cc1. The number of anilines is 3. The number of pyridine rings is 1. The summed E-state index contributed by atoms with van der Waals surface area (Å²) in [6.45, 7) is 3.38. The van der Waals surface area contributed by atoms with E-state index in [0.29, 0.717) is 48.8 Å². The molecule has 2 aliphatic heterocycles. The molecule has 1 saturated heterocycles. The topological polar surface area (TPSA) is 95.5 Å². The van der Waals surface area contributed by atoms with Gasteiger partial charge >= 0.3 is 6.03 Å². The number of nitrogens with one attached hydrogen (secondary N) is 3. The van der Waals surface area contributed by atoms with Crippen molar-refractivity contribution in [3.8, 4) is 0 Å². The number of aromatic nitrogens is 1. The normalized spacial score (nSPS) is 16.9. The Morgan fingerprint density at radius 2 is 1.64 bits per heavy atom. The average Bonchev–Trinajstić information content (AvgIpc) is 3.01. The van der Waals surface area contributed by atoms with Gasteiger partial charge in [-0.25, -0.2) is 18.0 Å². The molecule has 45 heavy (non-hydrogen) atoms. The third-order valence-electron chi connectivity index (χ3n) is 8.48. The van der Waals surface area contributed by atoms with Crippen molar-refractivity contribution >= 4 is 29.0 Å². The van der Waals surface area contributed by atoms with E-state index < -0.39 is 41.5 Å². The number of halogens is 3. The molecule has 3 N–H and O–H groups in total. The van der Waals surface area contributed by atoms with Crippen LogP contribution in [0.5, 0.6) is 0 Å². The van der Waals surface area contributed by atoms with Gasteiger partial charge in [0.15, 0.2) is 0 Å². The highest BCUT2D eigenvalue weighted by Gasteiger charge is 2.35. The lowest BCUT2D eigenvalue weighted by Crippen LogP contribution is -2.47. The number of nitrogens with zero attached hydrogens (tertiary/aromatic N) is 2. The van der Waals surface area contributed by atoms with Gasteiger partial charge in [-0.05, 0) is 60.7 Å². The third-order valence-corrected chi connectivity index (χ3v) is 8.48. The molecule has 11 heteroatoms. The van der Waals surface area contributed by atoms with Crippen molar-refractivity contribution in [2.75, 3.05) is 28.6 Å². The molecule has 0 saturated carbocycles. The van der Waals surface area contributed by atoms with Crippen LogP contribution in [0.15, 0.2) is 77.6 Å². The van der Waals surface area contributed by atoms with Crippen LogP contribution >= 0.6 is 0 Å². The fourth-order valence-electron chi connectivity index (χ4n) is 6.27. The van der Waals surface area contributed by atoms with Gasteiger partial charge in [-0.1, -0.05) is 25.1 Å². The Balaban J connectivity index is 1.26. The van der Waals surface area contributed by atoms with Crippen LogP contribution in [0.1, 0.15) is 46.4 Å². The molecular formula is C34H32F3N5O3. The molecule has 2 atom stereocenters. The highest BCUT2D eigenvalue weighted by molar-refractivity contribution is 6.04. The number of carbonyl (C=O) groups is 2. The van der Waals surface area contributed by atoms with Crippen LogP contribution in [0.25, 0.3) is 0 Å². The van der Waals surface area contributed by atoms with Crippen LogP contribution in [-0.4, -0.2) is 29.6 Å². The molecule has 0 radical (unpaired) electrons. The smallest absolute Gasteiger partial charge is 0.323 e. The number of urea groups is 1. The molecular weight excluding hydrogens is 583 g/mol. The van der Waals surface area contributed by atoms with Gasteiger partial charge in [0.1, 0.15) is 17.5 Å². The van der Waals surface area contributed by atoms with E-state index >= 15 is 0 Å². The Labute approximate surface area is 257 Å². The molecule has 4 aromatic rings. The quantitative estimate of drug-likeness (QED) is 0.237. The van der Waals surface area contributed by atoms with Crippen molar-refractivity contribution in [2.24, 2.45) is 5.92 Å². The Hall–Kier alpha value is -5.06. The molecule has 2 unspecified atom stereocenters. The second kappa shape index (κ2) is 12.5. The maximum Gasteiger partial charge on any atom is 0.323 e. The summed E-state index contributed by atoms with van der Waals surface area (Å²) in [6.07, 6.45) is 1.80. The molecule has 8 nitrogen and oxygen atoms in total. The minimum Gasteiger partial charge on any atom is -0.369 e. The number of benzene rings is 3. The molecule has 3 amide bonds. The van der Waals surface area contributed by atoms with Gasteiger partial charge in [0.25, 0.3) is 11.5 Å². The molecule has 0 aliphatic carbocycles. The zero-order valence-corrected chi connectivity index (χ0v) is 24.6. The van der Waals surface area contributed by atoms with Crippen molar-refractivity contribution in [3.05, 3.63) is 123 Å². The number of piperidine rings is 1. The van der Waals surface area contributed by atoms with Gasteiger partial charge in [-0.3, -0.25) is 9.59 Å². The van der Waals surface area contributed by atoms with Gasteiger partial charge in [-0.15, -0.1) is 0 Å². The number of hydrogen-bond donors (Lipinski definition) is 3. The highest BCUT2D eigenvalue weighted by Crippen LogP contribution is 2.39. The fraction of sp³-hybridized carbons (Fsp3) is 0.265. The maximum absolute atomic E-state index is 14.2. The first-order valence-electron chi connectivity index (χ1n) is 14.9. The zero-order chi connectivity index (χ0) is 31.7. The van der Waals surface area contributed by atoms with E-state index in [0.717, 1.165) is 24.1 Å². The zero-order valence-electron chi connectivity index (χ0n) is 24.6. The Bertz CT molecular complexity index is 1800. The number of amides is 3. The third kappa shape index (κ3) is 6.43. The van der Waals surface area contributed by atoms with Crippen molar-refractivity contribution in [2.45, 2.75) is 38.8 Å². The highest BCUT2D eigenvalue weighted by atomic mass is 19.1. The van der Waals surface area contributed by atoms with Gasteiger partial charge in [0, 0.05) is 72.8 Å². The summed E-state index contributed by atoms with van der Waals surface area (Å²) in [5.74, 6) is -3.58. The Morgan fingerprint density at radius 3 is 2.38 bits per heavy atom. The predicted octanol–water partition coefficient (Wildman–Crippen LogP) is 6.03. The average molecular weight is 616 g/mol. The standard InChI is InChI=1S/C34H32F3N5O3/c1-2-20-6-9-25(10-7-20)39-34(45)40-29-13-22(33(44)38-16-26-27(36)14-24(35)15-28(26)37)8-11-31(29)41-17-21-12-23(19-41)30-4-3-5-32(43)42(30)18-21/h3-11,13-15,21,23H,2,12,16-19H2,1H3,(H,38,44)(H2,39,40,45). The molecule has 0 spiro atoms. The number of aryl methyl sites for hydroxylation is 1. The van der Waals surface area contributed by atoms with E-state index in [1.165, 1.54) is 6.07 Å².